The Kier molecular flexibility index (Phi) is 79.7. The molecule has 0 aliphatic carbocycles. The Morgan fingerprint density at radius 1 is 1.15 bits per heavy atom. The second kappa shape index (κ2) is 45.9. The first-order valence-electron chi connectivity index (χ1n) is 3.51. The molecule has 0 aliphatic rings. The Bertz CT molecular complexity index is 87.4. The van der Waals surface area contributed by atoms with Gasteiger partial charge < -0.3 is 9.84 Å². The van der Waals surface area contributed by atoms with E-state index < -0.39 is 0 Å². The molecule has 0 amide bonds. The molecule has 0 saturated heterocycles. The molecule has 0 atom stereocenters. The summed E-state index contributed by atoms with van der Waals surface area (Å²) < 4.78 is 4.30. The molecule has 0 heterocycles. The van der Waals surface area contributed by atoms with Gasteiger partial charge in [-0.2, -0.15) is 0 Å². The maximum absolute atomic E-state index is 9.87. The largest absolute Gasteiger partial charge is 0.463 e. The zero-order valence-corrected chi connectivity index (χ0v) is 8.42. The van der Waals surface area contributed by atoms with Crippen molar-refractivity contribution in [2.45, 2.75) is 6.92 Å². The second-order valence-corrected chi connectivity index (χ2v) is 1.06. The summed E-state index contributed by atoms with van der Waals surface area (Å²) in [6, 6.07) is 0. The van der Waals surface area contributed by atoms with Crippen molar-refractivity contribution in [2.24, 2.45) is 0 Å². The van der Waals surface area contributed by atoms with Crippen LogP contribution in [0.1, 0.15) is 6.92 Å². The minimum atomic E-state index is -0.353. The monoisotopic (exact) mass is 188 g/mol. The lowest BCUT2D eigenvalue weighted by atomic mass is 10.7. The van der Waals surface area contributed by atoms with Crippen LogP contribution in [0.4, 0.5) is 0 Å². The van der Waals surface area contributed by atoms with Crippen molar-refractivity contribution in [3.8, 4) is 0 Å². The summed E-state index contributed by atoms with van der Waals surface area (Å²) in [5.74, 6) is -0.353. The van der Waals surface area contributed by atoms with Crippen LogP contribution in [0, 0.1) is 0 Å². The molecule has 78 valence electrons. The van der Waals surface area contributed by atoms with E-state index in [-0.39, 0.29) is 19.2 Å². The van der Waals surface area contributed by atoms with Gasteiger partial charge in [0.05, 0.1) is 6.61 Å². The lowest BCUT2D eigenvalue weighted by Gasteiger charge is -1.93. The molecular weight excluding hydrogens is 168 g/mol. The normalized spacial score (nSPS) is 5.38. The van der Waals surface area contributed by atoms with Crippen LogP contribution < -0.4 is 0 Å². The van der Waals surface area contributed by atoms with E-state index in [0.717, 1.165) is 0 Å². The number of carbonyl (C=O) groups excluding carboxylic acids is 1. The standard InChI is InChI=1S/C4H8O3.3C2H4/c1-4(6)7-3-2-5;3*1-2/h5H,2-3H2,1H3;3*1-2H2. The molecule has 0 spiro atoms. The van der Waals surface area contributed by atoms with Gasteiger partial charge in [0.25, 0.3) is 0 Å². The number of ether oxygens (including phenoxy) is 1. The Morgan fingerprint density at radius 2 is 1.46 bits per heavy atom. The quantitative estimate of drug-likeness (QED) is 0.532. The molecule has 0 aromatic rings. The van der Waals surface area contributed by atoms with E-state index in [4.69, 9.17) is 5.11 Å². The van der Waals surface area contributed by atoms with Crippen molar-refractivity contribution >= 4 is 5.97 Å². The van der Waals surface area contributed by atoms with E-state index >= 15 is 0 Å². The number of rotatable bonds is 2. The van der Waals surface area contributed by atoms with Crippen molar-refractivity contribution in [1.82, 2.24) is 0 Å². The first-order chi connectivity index (χ1) is 6.27. The minimum absolute atomic E-state index is 0.0976. The zero-order valence-electron chi connectivity index (χ0n) is 8.42. The summed E-state index contributed by atoms with van der Waals surface area (Å²) in [6.07, 6.45) is 0. The number of carbonyl (C=O) groups is 1. The van der Waals surface area contributed by atoms with Crippen molar-refractivity contribution in [3.05, 3.63) is 39.5 Å². The second-order valence-electron chi connectivity index (χ2n) is 1.06. The van der Waals surface area contributed by atoms with Gasteiger partial charge in [-0.05, 0) is 0 Å². The smallest absolute Gasteiger partial charge is 0.302 e. The van der Waals surface area contributed by atoms with Gasteiger partial charge >= 0.3 is 5.97 Å². The van der Waals surface area contributed by atoms with E-state index in [1.807, 2.05) is 0 Å². The van der Waals surface area contributed by atoms with Crippen molar-refractivity contribution < 1.29 is 14.6 Å². The molecule has 0 rings (SSSR count). The van der Waals surface area contributed by atoms with E-state index in [9.17, 15) is 4.79 Å². The zero-order chi connectivity index (χ0) is 11.7. The van der Waals surface area contributed by atoms with Crippen molar-refractivity contribution in [3.63, 3.8) is 0 Å². The van der Waals surface area contributed by atoms with Gasteiger partial charge in [-0.1, -0.05) is 0 Å². The molecule has 0 aliphatic heterocycles. The van der Waals surface area contributed by atoms with Crippen LogP contribution in [-0.4, -0.2) is 24.3 Å². The molecule has 0 radical (unpaired) electrons. The number of esters is 1. The molecule has 13 heavy (non-hydrogen) atoms. The highest BCUT2D eigenvalue weighted by Crippen LogP contribution is 1.71. The fourth-order valence-corrected chi connectivity index (χ4v) is 0.189. The van der Waals surface area contributed by atoms with Gasteiger partial charge in [0.2, 0.25) is 0 Å². The van der Waals surface area contributed by atoms with Crippen LogP contribution in [0.25, 0.3) is 0 Å². The third kappa shape index (κ3) is 113. The van der Waals surface area contributed by atoms with Gasteiger partial charge in [-0.3, -0.25) is 4.79 Å². The maximum Gasteiger partial charge on any atom is 0.302 e. The summed E-state index contributed by atoms with van der Waals surface area (Å²) >= 11 is 0. The molecular formula is C10H20O3. The Morgan fingerprint density at radius 3 is 1.54 bits per heavy atom. The molecule has 1 N–H and O–H groups in total. The minimum Gasteiger partial charge on any atom is -0.463 e. The molecule has 3 heteroatoms. The van der Waals surface area contributed by atoms with Crippen molar-refractivity contribution in [1.29, 1.82) is 0 Å². The first kappa shape index (κ1) is 22.6. The summed E-state index contributed by atoms with van der Waals surface area (Å²) in [4.78, 5) is 9.87. The summed E-state index contributed by atoms with van der Waals surface area (Å²) in [5.41, 5.74) is 0. The van der Waals surface area contributed by atoms with Gasteiger partial charge in [0, 0.05) is 6.92 Å². The maximum atomic E-state index is 9.87. The number of hydrogen-bond acceptors (Lipinski definition) is 3. The molecule has 0 fully saturated rings. The lowest BCUT2D eigenvalue weighted by molar-refractivity contribution is -0.141. The predicted molar refractivity (Wildman–Crippen MR) is 57.5 cm³/mol. The summed E-state index contributed by atoms with van der Waals surface area (Å²) in [7, 11) is 0. The average molecular weight is 188 g/mol. The lowest BCUT2D eigenvalue weighted by Crippen LogP contribution is -2.03. The van der Waals surface area contributed by atoms with Gasteiger partial charge in [0.1, 0.15) is 6.61 Å². The first-order valence-corrected chi connectivity index (χ1v) is 3.51. The summed E-state index contributed by atoms with van der Waals surface area (Å²) in [5, 5.41) is 8.04. The molecule has 0 aromatic carbocycles. The highest BCUT2D eigenvalue weighted by Gasteiger charge is 1.86. The van der Waals surface area contributed by atoms with Gasteiger partial charge in [0.15, 0.2) is 0 Å². The molecule has 3 nitrogen and oxygen atoms in total. The van der Waals surface area contributed by atoms with Crippen LogP contribution >= 0.6 is 0 Å². The molecule has 0 saturated carbocycles. The van der Waals surface area contributed by atoms with Crippen LogP contribution in [-0.2, 0) is 9.53 Å². The highest BCUT2D eigenvalue weighted by molar-refractivity contribution is 5.65. The molecule has 0 bridgehead atoms. The van der Waals surface area contributed by atoms with Crippen LogP contribution in [0.5, 0.6) is 0 Å². The third-order valence-electron chi connectivity index (χ3n) is 0.397. The van der Waals surface area contributed by atoms with Crippen LogP contribution in [0.15, 0.2) is 39.5 Å². The van der Waals surface area contributed by atoms with E-state index in [2.05, 4.69) is 44.2 Å². The molecule has 0 unspecified atom stereocenters. The molecule has 0 aromatic heterocycles. The Balaban J connectivity index is -0.0000000573. The topological polar surface area (TPSA) is 46.5 Å². The van der Waals surface area contributed by atoms with Crippen LogP contribution in [0.2, 0.25) is 0 Å². The average Bonchev–Trinajstić information content (AvgIpc) is 2.24. The van der Waals surface area contributed by atoms with Crippen LogP contribution in [0.3, 0.4) is 0 Å². The SMILES string of the molecule is C=C.C=C.C=C.CC(=O)OCCO. The predicted octanol–water partition coefficient (Wildman–Crippen LogP) is 1.95. The van der Waals surface area contributed by atoms with E-state index in [1.54, 1.807) is 0 Å². The number of aliphatic hydroxyl groups excluding tert-OH is 1. The number of hydrogen-bond donors (Lipinski definition) is 1. The summed E-state index contributed by atoms with van der Waals surface area (Å²) in [6.45, 7) is 19.3. The third-order valence-corrected chi connectivity index (χ3v) is 0.397. The fraction of sp³-hybridized carbons (Fsp3) is 0.300. The van der Waals surface area contributed by atoms with Gasteiger partial charge in [-0.25, -0.2) is 0 Å². The van der Waals surface area contributed by atoms with E-state index in [0.29, 0.717) is 0 Å². The fourth-order valence-electron chi connectivity index (χ4n) is 0.189. The van der Waals surface area contributed by atoms with E-state index in [1.165, 1.54) is 6.92 Å². The Hall–Kier alpha value is -1.35. The van der Waals surface area contributed by atoms with Gasteiger partial charge in [-0.15, -0.1) is 39.5 Å². The Labute approximate surface area is 81.0 Å². The highest BCUT2D eigenvalue weighted by atomic mass is 16.5. The van der Waals surface area contributed by atoms with Crippen molar-refractivity contribution in [2.75, 3.05) is 13.2 Å². The number of aliphatic hydroxyl groups is 1.